The van der Waals surface area contributed by atoms with Gasteiger partial charge in [0.2, 0.25) is 0 Å². The van der Waals surface area contributed by atoms with E-state index in [2.05, 4.69) is 30.3 Å². The van der Waals surface area contributed by atoms with E-state index in [1.165, 1.54) is 18.9 Å². The number of thioether (sulfide) groups is 1. The molecule has 0 saturated carbocycles. The molecule has 110 valence electrons. The third kappa shape index (κ3) is 3.42. The van der Waals surface area contributed by atoms with Gasteiger partial charge in [0.15, 0.2) is 5.16 Å². The van der Waals surface area contributed by atoms with E-state index in [1.807, 2.05) is 6.26 Å². The summed E-state index contributed by atoms with van der Waals surface area (Å²) in [7, 11) is 1.36. The number of nitrogens with two attached hydrogens (primary N) is 1. The van der Waals surface area contributed by atoms with Crippen LogP contribution in [0.3, 0.4) is 0 Å². The van der Waals surface area contributed by atoms with Crippen LogP contribution in [-0.2, 0) is 4.74 Å². The number of hydrazine groups is 1. The Morgan fingerprint density at radius 2 is 2.40 bits per heavy atom. The van der Waals surface area contributed by atoms with Crippen molar-refractivity contribution >= 4 is 29.5 Å². The average molecular weight is 298 g/mol. The molecular weight excluding hydrogens is 280 g/mol. The van der Waals surface area contributed by atoms with Crippen molar-refractivity contribution in [3.05, 3.63) is 6.07 Å². The second-order valence-corrected chi connectivity index (χ2v) is 5.08. The first-order chi connectivity index (χ1) is 9.66. The Bertz CT molecular complexity index is 464. The minimum Gasteiger partial charge on any atom is -0.453 e. The van der Waals surface area contributed by atoms with Crippen LogP contribution in [0.2, 0.25) is 0 Å². The van der Waals surface area contributed by atoms with Crippen LogP contribution in [0, 0.1) is 0 Å². The number of methoxy groups -OCH3 is 1. The molecule has 1 atom stereocenters. The van der Waals surface area contributed by atoms with Gasteiger partial charge in [0.1, 0.15) is 11.6 Å². The monoisotopic (exact) mass is 298 g/mol. The molecule has 2 rings (SSSR count). The van der Waals surface area contributed by atoms with Crippen molar-refractivity contribution in [2.24, 2.45) is 5.84 Å². The maximum absolute atomic E-state index is 11.2. The van der Waals surface area contributed by atoms with Gasteiger partial charge >= 0.3 is 6.09 Å². The smallest absolute Gasteiger partial charge is 0.407 e. The molecule has 1 aromatic heterocycles. The Hall–Kier alpha value is -1.74. The molecule has 1 aliphatic heterocycles. The largest absolute Gasteiger partial charge is 0.453 e. The van der Waals surface area contributed by atoms with Gasteiger partial charge in [-0.05, 0) is 12.7 Å². The zero-order valence-electron chi connectivity index (χ0n) is 11.4. The lowest BCUT2D eigenvalue weighted by Gasteiger charge is -2.18. The van der Waals surface area contributed by atoms with Crippen LogP contribution in [0.4, 0.5) is 16.4 Å². The number of nitrogen functional groups attached to an aromatic ring is 1. The van der Waals surface area contributed by atoms with Crippen LogP contribution in [-0.4, -0.2) is 48.6 Å². The molecule has 2 heterocycles. The third-order valence-electron chi connectivity index (χ3n) is 3.04. The molecule has 0 radical (unpaired) electrons. The second kappa shape index (κ2) is 6.62. The van der Waals surface area contributed by atoms with Gasteiger partial charge in [-0.1, -0.05) is 11.8 Å². The lowest BCUT2D eigenvalue weighted by Crippen LogP contribution is -2.37. The van der Waals surface area contributed by atoms with Crippen molar-refractivity contribution in [3.63, 3.8) is 0 Å². The van der Waals surface area contributed by atoms with E-state index in [4.69, 9.17) is 5.84 Å². The van der Waals surface area contributed by atoms with Crippen molar-refractivity contribution in [2.75, 3.05) is 36.8 Å². The summed E-state index contributed by atoms with van der Waals surface area (Å²) in [5.41, 5.74) is 2.54. The Labute approximate surface area is 121 Å². The molecule has 1 aromatic rings. The number of carbonyl (C=O) groups excluding carboxylic acids is 1. The summed E-state index contributed by atoms with van der Waals surface area (Å²) in [5, 5.41) is 3.45. The molecule has 1 amide bonds. The van der Waals surface area contributed by atoms with Crippen LogP contribution >= 0.6 is 11.8 Å². The predicted octanol–water partition coefficient (Wildman–Crippen LogP) is 0.419. The molecule has 1 unspecified atom stereocenters. The highest BCUT2D eigenvalue weighted by molar-refractivity contribution is 7.98. The molecule has 0 spiro atoms. The Kier molecular flexibility index (Phi) is 4.85. The Morgan fingerprint density at radius 3 is 3.05 bits per heavy atom. The first-order valence-electron chi connectivity index (χ1n) is 6.15. The predicted molar refractivity (Wildman–Crippen MR) is 77.8 cm³/mol. The summed E-state index contributed by atoms with van der Waals surface area (Å²) < 4.78 is 4.60. The maximum atomic E-state index is 11.2. The summed E-state index contributed by atoms with van der Waals surface area (Å²) >= 11 is 1.45. The molecule has 1 aliphatic rings. The van der Waals surface area contributed by atoms with E-state index in [9.17, 15) is 4.79 Å². The minimum absolute atomic E-state index is 0.0597. The van der Waals surface area contributed by atoms with Crippen LogP contribution < -0.4 is 21.5 Å². The maximum Gasteiger partial charge on any atom is 0.407 e. The van der Waals surface area contributed by atoms with Gasteiger partial charge in [0.25, 0.3) is 0 Å². The summed E-state index contributed by atoms with van der Waals surface area (Å²) in [6.07, 6.45) is 2.35. The van der Waals surface area contributed by atoms with E-state index in [1.54, 1.807) is 6.07 Å². The quantitative estimate of drug-likeness (QED) is 0.318. The highest BCUT2D eigenvalue weighted by Crippen LogP contribution is 2.23. The third-order valence-corrected chi connectivity index (χ3v) is 3.59. The fourth-order valence-corrected chi connectivity index (χ4v) is 2.43. The molecule has 20 heavy (non-hydrogen) atoms. The molecule has 0 bridgehead atoms. The molecule has 1 saturated heterocycles. The standard InChI is InChI=1S/C11H18N6O2S/c1-19-11(18)13-7-3-4-17(6-7)9-5-8(16-12)14-10(15-9)20-2/h5,7H,3-4,6,12H2,1-2H3,(H,13,18)(H,14,15,16). The minimum atomic E-state index is -0.409. The summed E-state index contributed by atoms with van der Waals surface area (Å²) in [5.74, 6) is 6.78. The summed E-state index contributed by atoms with van der Waals surface area (Å²) in [6.45, 7) is 1.49. The van der Waals surface area contributed by atoms with Gasteiger partial charge in [-0.25, -0.2) is 20.6 Å². The molecule has 4 N–H and O–H groups in total. The fraction of sp³-hybridized carbons (Fsp3) is 0.545. The lowest BCUT2D eigenvalue weighted by molar-refractivity contribution is 0.167. The average Bonchev–Trinajstić information content (AvgIpc) is 2.94. The van der Waals surface area contributed by atoms with Gasteiger partial charge in [-0.2, -0.15) is 0 Å². The Balaban J connectivity index is 2.07. The van der Waals surface area contributed by atoms with Crippen LogP contribution in [0.25, 0.3) is 0 Å². The molecule has 0 aliphatic carbocycles. The number of rotatable bonds is 4. The number of amides is 1. The molecule has 1 fully saturated rings. The SMILES string of the molecule is COC(=O)NC1CCN(c2cc(NN)nc(SC)n2)C1. The van der Waals surface area contributed by atoms with Gasteiger partial charge in [-0.3, -0.25) is 0 Å². The number of aromatic nitrogens is 2. The van der Waals surface area contributed by atoms with Crippen molar-refractivity contribution in [2.45, 2.75) is 17.6 Å². The number of alkyl carbamates (subject to hydrolysis) is 1. The number of hydrogen-bond donors (Lipinski definition) is 3. The van der Waals surface area contributed by atoms with Crippen molar-refractivity contribution in [3.8, 4) is 0 Å². The van der Waals surface area contributed by atoms with Crippen molar-refractivity contribution < 1.29 is 9.53 Å². The van der Waals surface area contributed by atoms with E-state index in [0.29, 0.717) is 17.5 Å². The first kappa shape index (κ1) is 14.7. The van der Waals surface area contributed by atoms with Crippen molar-refractivity contribution in [1.82, 2.24) is 15.3 Å². The number of carbonyl (C=O) groups is 1. The normalized spacial score (nSPS) is 17.9. The number of anilines is 2. The number of nitrogens with zero attached hydrogens (tertiary/aromatic N) is 3. The summed E-state index contributed by atoms with van der Waals surface area (Å²) in [4.78, 5) is 22.0. The number of nitrogens with one attached hydrogen (secondary N) is 2. The van der Waals surface area contributed by atoms with Crippen LogP contribution in [0.1, 0.15) is 6.42 Å². The van der Waals surface area contributed by atoms with Gasteiger partial charge in [0, 0.05) is 19.2 Å². The van der Waals surface area contributed by atoms with E-state index in [0.717, 1.165) is 18.8 Å². The van der Waals surface area contributed by atoms with Gasteiger partial charge in [0.05, 0.1) is 13.2 Å². The molecule has 8 nitrogen and oxygen atoms in total. The van der Waals surface area contributed by atoms with Gasteiger partial charge in [-0.15, -0.1) is 0 Å². The van der Waals surface area contributed by atoms with Gasteiger partial charge < -0.3 is 20.4 Å². The molecule has 0 aromatic carbocycles. The second-order valence-electron chi connectivity index (χ2n) is 4.31. The van der Waals surface area contributed by atoms with Crippen LogP contribution in [0.5, 0.6) is 0 Å². The van der Waals surface area contributed by atoms with Crippen molar-refractivity contribution in [1.29, 1.82) is 0 Å². The number of ether oxygens (including phenoxy) is 1. The van der Waals surface area contributed by atoms with E-state index < -0.39 is 6.09 Å². The fourth-order valence-electron chi connectivity index (χ4n) is 2.05. The topological polar surface area (TPSA) is 105 Å². The van der Waals surface area contributed by atoms with E-state index in [-0.39, 0.29) is 6.04 Å². The highest BCUT2D eigenvalue weighted by Gasteiger charge is 2.25. The lowest BCUT2D eigenvalue weighted by atomic mass is 10.3. The van der Waals surface area contributed by atoms with Crippen LogP contribution in [0.15, 0.2) is 11.2 Å². The highest BCUT2D eigenvalue weighted by atomic mass is 32.2. The zero-order chi connectivity index (χ0) is 14.5. The number of hydrogen-bond acceptors (Lipinski definition) is 8. The molecular formula is C11H18N6O2S. The zero-order valence-corrected chi connectivity index (χ0v) is 12.2. The Morgan fingerprint density at radius 1 is 1.60 bits per heavy atom. The summed E-state index contributed by atoms with van der Waals surface area (Å²) in [6, 6.07) is 1.85. The molecule has 9 heteroatoms. The van der Waals surface area contributed by atoms with E-state index >= 15 is 0 Å². The first-order valence-corrected chi connectivity index (χ1v) is 7.38.